The molecular formula is C9H12AsNO2. The number of nitrogens with one attached hydrogen (secondary N) is 1. The molecule has 0 heterocycles. The fourth-order valence-electron chi connectivity index (χ4n) is 0.951. The number of aliphatic hydroxyl groups is 1. The van der Waals surface area contributed by atoms with Crippen LogP contribution in [0.15, 0.2) is 18.2 Å². The van der Waals surface area contributed by atoms with Crippen molar-refractivity contribution >= 4 is 26.9 Å². The van der Waals surface area contributed by atoms with Crippen LogP contribution in [0.1, 0.15) is 0 Å². The molecule has 1 rings (SSSR count). The number of anilines is 1. The summed E-state index contributed by atoms with van der Waals surface area (Å²) in [6, 6.07) is 5.80. The summed E-state index contributed by atoms with van der Waals surface area (Å²) in [5.74, 6) is 0.799. The van der Waals surface area contributed by atoms with Gasteiger partial charge in [-0.25, -0.2) is 0 Å². The van der Waals surface area contributed by atoms with Crippen molar-refractivity contribution in [3.63, 3.8) is 0 Å². The van der Waals surface area contributed by atoms with Gasteiger partial charge in [-0.15, -0.1) is 0 Å². The molecule has 0 aliphatic rings. The number of hydrogen-bond donors (Lipinski definition) is 2. The SMILES string of the molecule is CNc1ccc(OCCO)c([As])c1. The van der Waals surface area contributed by atoms with Crippen LogP contribution >= 0.6 is 0 Å². The Hall–Kier alpha value is -0.662. The minimum absolute atomic E-state index is 0.0419. The zero-order valence-corrected chi connectivity index (χ0v) is 9.33. The summed E-state index contributed by atoms with van der Waals surface area (Å²) in [7, 11) is 1.87. The second-order valence-electron chi connectivity index (χ2n) is 2.50. The molecule has 13 heavy (non-hydrogen) atoms. The topological polar surface area (TPSA) is 41.5 Å². The molecule has 0 saturated heterocycles. The summed E-state index contributed by atoms with van der Waals surface area (Å²) in [6.07, 6.45) is 0. The Morgan fingerprint density at radius 1 is 1.54 bits per heavy atom. The van der Waals surface area contributed by atoms with Crippen molar-refractivity contribution in [2.45, 2.75) is 0 Å². The molecule has 0 bridgehead atoms. The van der Waals surface area contributed by atoms with E-state index in [4.69, 9.17) is 9.84 Å². The maximum absolute atomic E-state index is 8.58. The number of ether oxygens (including phenoxy) is 1. The average Bonchev–Trinajstić information content (AvgIpc) is 2.16. The van der Waals surface area contributed by atoms with Gasteiger partial charge in [-0.2, -0.15) is 0 Å². The number of rotatable bonds is 4. The Bertz CT molecular complexity index is 278. The van der Waals surface area contributed by atoms with E-state index in [0.29, 0.717) is 6.61 Å². The first-order chi connectivity index (χ1) is 6.27. The van der Waals surface area contributed by atoms with Gasteiger partial charge in [-0.1, -0.05) is 0 Å². The van der Waals surface area contributed by atoms with Crippen molar-refractivity contribution in [2.75, 3.05) is 25.6 Å². The van der Waals surface area contributed by atoms with E-state index in [-0.39, 0.29) is 6.61 Å². The Kier molecular flexibility index (Phi) is 4.13. The van der Waals surface area contributed by atoms with Crippen molar-refractivity contribution in [1.82, 2.24) is 0 Å². The van der Waals surface area contributed by atoms with Crippen molar-refractivity contribution in [1.29, 1.82) is 0 Å². The van der Waals surface area contributed by atoms with E-state index in [2.05, 4.69) is 22.2 Å². The normalized spacial score (nSPS) is 9.77. The second-order valence-corrected chi connectivity index (χ2v) is 3.52. The average molecular weight is 241 g/mol. The molecule has 0 amide bonds. The predicted molar refractivity (Wildman–Crippen MR) is 54.0 cm³/mol. The van der Waals surface area contributed by atoms with Crippen LogP contribution in [0.25, 0.3) is 0 Å². The van der Waals surface area contributed by atoms with Crippen molar-refractivity contribution in [3.8, 4) is 5.75 Å². The van der Waals surface area contributed by atoms with Gasteiger partial charge in [0, 0.05) is 0 Å². The van der Waals surface area contributed by atoms with E-state index in [1.807, 2.05) is 25.2 Å². The quantitative estimate of drug-likeness (QED) is 0.723. The van der Waals surface area contributed by atoms with Crippen LogP contribution in [0.2, 0.25) is 0 Å². The molecule has 2 radical (unpaired) electrons. The second kappa shape index (κ2) is 5.15. The third-order valence-electron chi connectivity index (χ3n) is 1.60. The van der Waals surface area contributed by atoms with E-state index in [1.54, 1.807) is 0 Å². The molecule has 0 fully saturated rings. The van der Waals surface area contributed by atoms with Gasteiger partial charge in [0.05, 0.1) is 0 Å². The third-order valence-corrected chi connectivity index (χ3v) is 2.33. The predicted octanol–water partition coefficient (Wildman–Crippen LogP) is -0.107. The molecule has 0 saturated carbocycles. The fraction of sp³-hybridized carbons (Fsp3) is 0.333. The Morgan fingerprint density at radius 3 is 2.85 bits per heavy atom. The fourth-order valence-corrected chi connectivity index (χ4v) is 1.53. The molecular weight excluding hydrogens is 229 g/mol. The van der Waals surface area contributed by atoms with Crippen LogP contribution in [0.4, 0.5) is 5.69 Å². The van der Waals surface area contributed by atoms with Crippen molar-refractivity contribution < 1.29 is 9.84 Å². The van der Waals surface area contributed by atoms with Gasteiger partial charge in [0.15, 0.2) is 0 Å². The molecule has 2 N–H and O–H groups in total. The first-order valence-corrected chi connectivity index (χ1v) is 4.96. The summed E-state index contributed by atoms with van der Waals surface area (Å²) in [5, 5.41) is 11.6. The summed E-state index contributed by atoms with van der Waals surface area (Å²) >= 11 is 2.44. The van der Waals surface area contributed by atoms with Crippen molar-refractivity contribution in [3.05, 3.63) is 18.2 Å². The molecule has 4 heteroatoms. The van der Waals surface area contributed by atoms with Gasteiger partial charge in [0.25, 0.3) is 0 Å². The number of hydrogen-bond acceptors (Lipinski definition) is 3. The van der Waals surface area contributed by atoms with E-state index in [9.17, 15) is 0 Å². The Morgan fingerprint density at radius 2 is 2.31 bits per heavy atom. The molecule has 70 valence electrons. The maximum atomic E-state index is 8.58. The molecule has 1 aromatic carbocycles. The van der Waals surface area contributed by atoms with Gasteiger partial charge < -0.3 is 0 Å². The number of aliphatic hydroxyl groups excluding tert-OH is 1. The summed E-state index contributed by atoms with van der Waals surface area (Å²) < 4.78 is 6.30. The minimum atomic E-state index is 0.0419. The van der Waals surface area contributed by atoms with Crippen LogP contribution in [0.3, 0.4) is 0 Å². The molecule has 0 unspecified atom stereocenters. The van der Waals surface area contributed by atoms with E-state index >= 15 is 0 Å². The first-order valence-electron chi connectivity index (χ1n) is 4.02. The van der Waals surface area contributed by atoms with Gasteiger partial charge in [0.2, 0.25) is 0 Å². The van der Waals surface area contributed by atoms with Crippen LogP contribution in [0.5, 0.6) is 5.75 Å². The first kappa shape index (κ1) is 10.4. The Labute approximate surface area is 86.6 Å². The van der Waals surface area contributed by atoms with Crippen LogP contribution in [0, 0.1) is 0 Å². The summed E-state index contributed by atoms with van der Waals surface area (Å²) in [5.41, 5.74) is 1.05. The molecule has 0 aliphatic heterocycles. The van der Waals surface area contributed by atoms with E-state index < -0.39 is 0 Å². The summed E-state index contributed by atoms with van der Waals surface area (Å²) in [4.78, 5) is 0. The Balaban J connectivity index is 2.73. The standard InChI is InChI=1S/C9H12AsNO2/c1-11-7-2-3-9(8(10)6-7)13-5-4-12/h2-3,6,11-12H,4-5H2,1H3. The molecule has 3 nitrogen and oxygen atoms in total. The van der Waals surface area contributed by atoms with Crippen LogP contribution in [-0.2, 0) is 0 Å². The van der Waals surface area contributed by atoms with E-state index in [0.717, 1.165) is 15.8 Å². The molecule has 0 atom stereocenters. The monoisotopic (exact) mass is 241 g/mol. The van der Waals surface area contributed by atoms with Gasteiger partial charge in [-0.3, -0.25) is 0 Å². The molecule has 1 aromatic rings. The van der Waals surface area contributed by atoms with Crippen LogP contribution < -0.4 is 14.4 Å². The molecule has 0 spiro atoms. The third kappa shape index (κ3) is 2.94. The van der Waals surface area contributed by atoms with Gasteiger partial charge >= 0.3 is 86.3 Å². The van der Waals surface area contributed by atoms with Gasteiger partial charge in [-0.05, 0) is 0 Å². The number of benzene rings is 1. The van der Waals surface area contributed by atoms with Crippen LogP contribution in [-0.4, -0.2) is 42.2 Å². The van der Waals surface area contributed by atoms with Crippen molar-refractivity contribution in [2.24, 2.45) is 0 Å². The van der Waals surface area contributed by atoms with E-state index in [1.165, 1.54) is 0 Å². The zero-order chi connectivity index (χ0) is 9.68. The zero-order valence-electron chi connectivity index (χ0n) is 7.45. The van der Waals surface area contributed by atoms with Gasteiger partial charge in [0.1, 0.15) is 0 Å². The summed E-state index contributed by atoms with van der Waals surface area (Å²) in [6.45, 7) is 0.379. The molecule has 0 aromatic heterocycles. The molecule has 0 aliphatic carbocycles.